The summed E-state index contributed by atoms with van der Waals surface area (Å²) in [7, 11) is 1.73. The number of benzene rings is 1. The Morgan fingerprint density at radius 1 is 1.21 bits per heavy atom. The number of hydrogen-bond acceptors (Lipinski definition) is 3. The first-order valence-corrected chi connectivity index (χ1v) is 10.7. The van der Waals surface area contributed by atoms with E-state index < -0.39 is 0 Å². The van der Waals surface area contributed by atoms with Crippen LogP contribution in [0.25, 0.3) is 0 Å². The fraction of sp³-hybridized carbons (Fsp3) is 0.273. The van der Waals surface area contributed by atoms with Gasteiger partial charge in [-0.1, -0.05) is 22.0 Å². The summed E-state index contributed by atoms with van der Waals surface area (Å²) in [4.78, 5) is 6.82. The number of pyridine rings is 1. The molecular weight excluding hydrogens is 448 g/mol. The lowest BCUT2D eigenvalue weighted by atomic mass is 10.0. The fourth-order valence-corrected chi connectivity index (χ4v) is 4.39. The van der Waals surface area contributed by atoms with E-state index in [1.807, 2.05) is 24.4 Å². The van der Waals surface area contributed by atoms with Gasteiger partial charge in [0.1, 0.15) is 6.04 Å². The topological polar surface area (TPSA) is 42.3 Å². The SMILES string of the molecule is COCCn1cccc1[C@H]1[C@@H](c2ccccn2)NC(=S)N1c1ccc(Br)c(C)c1. The van der Waals surface area contributed by atoms with Gasteiger partial charge in [0, 0.05) is 41.9 Å². The summed E-state index contributed by atoms with van der Waals surface area (Å²) < 4.78 is 8.63. The molecule has 0 amide bonds. The van der Waals surface area contributed by atoms with Gasteiger partial charge in [-0.2, -0.15) is 0 Å². The summed E-state index contributed by atoms with van der Waals surface area (Å²) >= 11 is 9.40. The molecule has 3 heterocycles. The average Bonchev–Trinajstić information content (AvgIpc) is 3.33. The number of aromatic nitrogens is 2. The minimum absolute atomic E-state index is 0.0233. The molecule has 0 radical (unpaired) electrons. The van der Waals surface area contributed by atoms with Gasteiger partial charge in [0.15, 0.2) is 5.11 Å². The Morgan fingerprint density at radius 3 is 2.79 bits per heavy atom. The van der Waals surface area contributed by atoms with Crippen LogP contribution in [0, 0.1) is 6.92 Å². The van der Waals surface area contributed by atoms with E-state index in [1.165, 1.54) is 11.3 Å². The highest BCUT2D eigenvalue weighted by molar-refractivity contribution is 9.10. The van der Waals surface area contributed by atoms with Crippen LogP contribution in [0.15, 0.2) is 65.4 Å². The molecule has 3 aromatic rings. The van der Waals surface area contributed by atoms with Gasteiger partial charge in [0.25, 0.3) is 0 Å². The summed E-state index contributed by atoms with van der Waals surface area (Å²) in [5.41, 5.74) is 4.37. The Labute approximate surface area is 184 Å². The standard InChI is InChI=1S/C22H23BrN4OS/c1-15-14-16(8-9-17(15)23)27-21(19-7-5-11-26(19)12-13-28-2)20(25-22(27)29)18-6-3-4-10-24-18/h3-11,14,20-21H,12-13H2,1-2H3,(H,25,29)/t20-,21+/m1/s1. The molecule has 1 aliphatic heterocycles. The van der Waals surface area contributed by atoms with Crippen molar-refractivity contribution >= 4 is 38.9 Å². The monoisotopic (exact) mass is 470 g/mol. The fourth-order valence-electron chi connectivity index (χ4n) is 3.80. The highest BCUT2D eigenvalue weighted by atomic mass is 79.9. The first-order chi connectivity index (χ1) is 14.1. The summed E-state index contributed by atoms with van der Waals surface area (Å²) in [6.07, 6.45) is 3.92. The lowest BCUT2D eigenvalue weighted by molar-refractivity contribution is 0.186. The van der Waals surface area contributed by atoms with E-state index in [0.717, 1.165) is 22.4 Å². The molecule has 2 atom stereocenters. The molecule has 0 bridgehead atoms. The van der Waals surface area contributed by atoms with Crippen molar-refractivity contribution in [3.05, 3.63) is 82.3 Å². The molecule has 2 aromatic heterocycles. The third-order valence-corrected chi connectivity index (χ3v) is 6.43. The van der Waals surface area contributed by atoms with Crippen LogP contribution < -0.4 is 10.2 Å². The Morgan fingerprint density at radius 2 is 2.07 bits per heavy atom. The van der Waals surface area contributed by atoms with Crippen LogP contribution in [0.4, 0.5) is 5.69 Å². The minimum atomic E-state index is -0.0520. The molecule has 150 valence electrons. The molecule has 0 spiro atoms. The Kier molecular flexibility index (Phi) is 5.99. The van der Waals surface area contributed by atoms with Gasteiger partial charge in [0.05, 0.1) is 18.3 Å². The van der Waals surface area contributed by atoms with E-state index in [2.05, 4.69) is 79.2 Å². The third kappa shape index (κ3) is 3.95. The van der Waals surface area contributed by atoms with E-state index in [9.17, 15) is 0 Å². The van der Waals surface area contributed by atoms with Crippen LogP contribution >= 0.6 is 28.1 Å². The minimum Gasteiger partial charge on any atom is -0.383 e. The lowest BCUT2D eigenvalue weighted by Gasteiger charge is -2.29. The molecule has 1 aromatic carbocycles. The van der Waals surface area contributed by atoms with Crippen LogP contribution in [-0.2, 0) is 11.3 Å². The molecule has 0 aliphatic carbocycles. The number of ether oxygens (including phenoxy) is 1. The normalized spacial score (nSPS) is 18.9. The van der Waals surface area contributed by atoms with Crippen LogP contribution in [-0.4, -0.2) is 28.4 Å². The second kappa shape index (κ2) is 8.65. The quantitative estimate of drug-likeness (QED) is 0.525. The molecule has 1 N–H and O–H groups in total. The number of thiocarbonyl (C=S) groups is 1. The van der Waals surface area contributed by atoms with Crippen molar-refractivity contribution in [2.24, 2.45) is 0 Å². The number of anilines is 1. The van der Waals surface area contributed by atoms with Gasteiger partial charge >= 0.3 is 0 Å². The zero-order chi connectivity index (χ0) is 20.4. The smallest absolute Gasteiger partial charge is 0.174 e. The molecule has 1 fully saturated rings. The van der Waals surface area contributed by atoms with Gasteiger partial charge in [-0.15, -0.1) is 0 Å². The third-order valence-electron chi connectivity index (χ3n) is 5.22. The number of nitrogens with zero attached hydrogens (tertiary/aromatic N) is 3. The van der Waals surface area contributed by atoms with Crippen LogP contribution in [0.3, 0.4) is 0 Å². The zero-order valence-corrected chi connectivity index (χ0v) is 18.8. The van der Waals surface area contributed by atoms with Crippen LogP contribution in [0.2, 0.25) is 0 Å². The average molecular weight is 471 g/mol. The highest BCUT2D eigenvalue weighted by Crippen LogP contribution is 2.42. The molecule has 29 heavy (non-hydrogen) atoms. The van der Waals surface area contributed by atoms with E-state index in [1.54, 1.807) is 7.11 Å². The van der Waals surface area contributed by atoms with Crippen LogP contribution in [0.1, 0.15) is 29.0 Å². The zero-order valence-electron chi connectivity index (χ0n) is 16.4. The van der Waals surface area contributed by atoms with Crippen LogP contribution in [0.5, 0.6) is 0 Å². The van der Waals surface area contributed by atoms with Gasteiger partial charge in [-0.05, 0) is 67.2 Å². The Bertz CT molecular complexity index is 1010. The maximum atomic E-state index is 5.80. The first kappa shape index (κ1) is 20.1. The van der Waals surface area contributed by atoms with Crippen molar-refractivity contribution in [1.82, 2.24) is 14.9 Å². The highest BCUT2D eigenvalue weighted by Gasteiger charge is 2.42. The largest absolute Gasteiger partial charge is 0.383 e. The van der Waals surface area contributed by atoms with Gasteiger partial charge in [0.2, 0.25) is 0 Å². The maximum absolute atomic E-state index is 5.80. The second-order valence-corrected chi connectivity index (χ2v) is 8.29. The number of halogens is 1. The Balaban J connectivity index is 1.82. The van der Waals surface area contributed by atoms with E-state index in [4.69, 9.17) is 17.0 Å². The molecule has 4 rings (SSSR count). The van der Waals surface area contributed by atoms with Gasteiger partial charge in [-0.25, -0.2) is 0 Å². The van der Waals surface area contributed by atoms with E-state index in [-0.39, 0.29) is 12.1 Å². The van der Waals surface area contributed by atoms with Gasteiger partial charge in [-0.3, -0.25) is 4.98 Å². The van der Waals surface area contributed by atoms with Gasteiger partial charge < -0.3 is 19.5 Å². The summed E-state index contributed by atoms with van der Waals surface area (Å²) in [6, 6.07) is 16.5. The Hall–Kier alpha value is -2.22. The van der Waals surface area contributed by atoms with Crippen molar-refractivity contribution in [2.75, 3.05) is 18.6 Å². The predicted octanol–water partition coefficient (Wildman–Crippen LogP) is 4.78. The predicted molar refractivity (Wildman–Crippen MR) is 123 cm³/mol. The molecule has 1 aliphatic rings. The molecule has 0 saturated carbocycles. The summed E-state index contributed by atoms with van der Waals surface area (Å²) in [5, 5.41) is 4.21. The molecular formula is C22H23BrN4OS. The number of rotatable bonds is 6. The lowest BCUT2D eigenvalue weighted by Crippen LogP contribution is -2.30. The molecule has 7 heteroatoms. The summed E-state index contributed by atoms with van der Waals surface area (Å²) in [6.45, 7) is 3.52. The van der Waals surface area contributed by atoms with E-state index in [0.29, 0.717) is 11.7 Å². The number of nitrogens with one attached hydrogen (secondary N) is 1. The van der Waals surface area contributed by atoms with Crippen molar-refractivity contribution in [2.45, 2.75) is 25.6 Å². The maximum Gasteiger partial charge on any atom is 0.174 e. The van der Waals surface area contributed by atoms with Crippen molar-refractivity contribution in [1.29, 1.82) is 0 Å². The first-order valence-electron chi connectivity index (χ1n) is 9.51. The number of aryl methyl sites for hydroxylation is 1. The molecule has 1 saturated heterocycles. The summed E-state index contributed by atoms with van der Waals surface area (Å²) in [5.74, 6) is 0. The van der Waals surface area contributed by atoms with Crippen molar-refractivity contribution in [3.63, 3.8) is 0 Å². The van der Waals surface area contributed by atoms with E-state index >= 15 is 0 Å². The van der Waals surface area contributed by atoms with Crippen molar-refractivity contribution < 1.29 is 4.74 Å². The molecule has 0 unspecified atom stereocenters. The second-order valence-electron chi connectivity index (χ2n) is 7.05. The van der Waals surface area contributed by atoms with Crippen molar-refractivity contribution in [3.8, 4) is 0 Å². The molecule has 5 nitrogen and oxygen atoms in total. The number of methoxy groups -OCH3 is 1. The number of hydrogen-bond donors (Lipinski definition) is 1.